The van der Waals surface area contributed by atoms with Crippen LogP contribution < -0.4 is 9.47 Å². The Balaban J connectivity index is 1.09. The molecule has 0 N–H and O–H groups in total. The molecule has 10 rings (SSSR count). The molecule has 0 amide bonds. The monoisotopic (exact) mass is 657 g/mol. The molecule has 0 bridgehead atoms. The largest absolute Gasteiger partial charge is 0.450 e. The van der Waals surface area contributed by atoms with Gasteiger partial charge in [-0.05, 0) is 80.6 Å². The van der Waals surface area contributed by atoms with E-state index >= 15 is 0 Å². The fourth-order valence-corrected chi connectivity index (χ4v) is 7.62. The number of fused-ring (bicyclic) bond motifs is 6. The van der Waals surface area contributed by atoms with Gasteiger partial charge in [0.15, 0.2) is 40.5 Å². The van der Waals surface area contributed by atoms with Gasteiger partial charge in [-0.1, -0.05) is 129 Å². The van der Waals surface area contributed by atoms with E-state index in [1.54, 1.807) is 0 Å². The molecule has 1 aliphatic carbocycles. The summed E-state index contributed by atoms with van der Waals surface area (Å²) in [6.45, 7) is 4.53. The predicted octanol–water partition coefficient (Wildman–Crippen LogP) is 11.9. The van der Waals surface area contributed by atoms with Crippen LogP contribution in [0.1, 0.15) is 25.0 Å². The number of hydrogen-bond donors (Lipinski definition) is 0. The molecule has 1 aliphatic heterocycles. The van der Waals surface area contributed by atoms with E-state index in [9.17, 15) is 0 Å². The first-order valence-electron chi connectivity index (χ1n) is 17.2. The van der Waals surface area contributed by atoms with Gasteiger partial charge in [-0.15, -0.1) is 0 Å². The summed E-state index contributed by atoms with van der Waals surface area (Å²) >= 11 is 0. The first-order chi connectivity index (χ1) is 25.0. The van der Waals surface area contributed by atoms with Gasteiger partial charge < -0.3 is 9.47 Å². The topological polar surface area (TPSA) is 57.1 Å². The van der Waals surface area contributed by atoms with Crippen LogP contribution in [0.25, 0.3) is 67.2 Å². The minimum absolute atomic E-state index is 0.130. The van der Waals surface area contributed by atoms with E-state index < -0.39 is 0 Å². The fraction of sp³-hybridized carbons (Fsp3) is 0.0652. The third-order valence-electron chi connectivity index (χ3n) is 10.2. The van der Waals surface area contributed by atoms with Crippen LogP contribution in [-0.4, -0.2) is 15.0 Å². The Bertz CT molecular complexity index is 2670. The van der Waals surface area contributed by atoms with Gasteiger partial charge in [0.2, 0.25) is 0 Å². The first kappa shape index (κ1) is 29.3. The van der Waals surface area contributed by atoms with Crippen molar-refractivity contribution in [3.63, 3.8) is 0 Å². The normalized spacial score (nSPS) is 13.4. The van der Waals surface area contributed by atoms with Gasteiger partial charge in [0, 0.05) is 22.1 Å². The number of ether oxygens (including phenoxy) is 2. The first-order valence-corrected chi connectivity index (χ1v) is 17.2. The highest BCUT2D eigenvalue weighted by Crippen LogP contribution is 2.55. The molecule has 1 aromatic heterocycles. The highest BCUT2D eigenvalue weighted by molar-refractivity contribution is 6.04. The van der Waals surface area contributed by atoms with E-state index in [-0.39, 0.29) is 5.41 Å². The van der Waals surface area contributed by atoms with Crippen molar-refractivity contribution in [2.45, 2.75) is 19.3 Å². The Kier molecular flexibility index (Phi) is 6.46. The number of hydrogen-bond acceptors (Lipinski definition) is 5. The highest BCUT2D eigenvalue weighted by Gasteiger charge is 2.37. The van der Waals surface area contributed by atoms with Gasteiger partial charge in [0.25, 0.3) is 0 Å². The Labute approximate surface area is 295 Å². The molecule has 0 fully saturated rings. The van der Waals surface area contributed by atoms with Crippen molar-refractivity contribution in [3.8, 4) is 79.4 Å². The van der Waals surface area contributed by atoms with Gasteiger partial charge in [0.1, 0.15) is 0 Å². The molecule has 0 unspecified atom stereocenters. The summed E-state index contributed by atoms with van der Waals surface area (Å²) < 4.78 is 13.1. The summed E-state index contributed by atoms with van der Waals surface area (Å²) in [7, 11) is 0. The molecule has 2 heterocycles. The molecule has 0 saturated carbocycles. The number of nitrogens with zero attached hydrogens (tertiary/aromatic N) is 3. The van der Waals surface area contributed by atoms with Gasteiger partial charge >= 0.3 is 0 Å². The van der Waals surface area contributed by atoms with Crippen molar-refractivity contribution in [2.24, 2.45) is 0 Å². The van der Waals surface area contributed by atoms with Crippen LogP contribution in [0.4, 0.5) is 0 Å². The molecule has 0 atom stereocenters. The molecule has 5 heteroatoms. The number of benzene rings is 7. The van der Waals surface area contributed by atoms with E-state index in [2.05, 4.69) is 111 Å². The summed E-state index contributed by atoms with van der Waals surface area (Å²) in [5.41, 5.74) is 9.82. The van der Waals surface area contributed by atoms with Crippen LogP contribution in [0.2, 0.25) is 0 Å². The summed E-state index contributed by atoms with van der Waals surface area (Å²) in [6.07, 6.45) is 0. The Morgan fingerprint density at radius 1 is 0.373 bits per heavy atom. The third kappa shape index (κ3) is 4.73. The Hall–Kier alpha value is -6.59. The second-order valence-electron chi connectivity index (χ2n) is 13.6. The minimum Gasteiger partial charge on any atom is -0.450 e. The van der Waals surface area contributed by atoms with Crippen LogP contribution in [-0.2, 0) is 5.41 Å². The standard InChI is InChI=1S/C46H31N3O2/c1-46(2)37-20-12-11-19-34(37)36-26-41-42(27-38(36)46)50-39-24-21-30(25-40(39)51-41)44-47-43(29-15-7-4-8-16-29)48-45(49-44)35-23-22-31(28-13-5-3-6-14-28)32-17-9-10-18-33(32)35/h3-27H,1-2H3. The van der Waals surface area contributed by atoms with E-state index in [1.807, 2.05) is 54.6 Å². The zero-order valence-corrected chi connectivity index (χ0v) is 28.1. The second kappa shape index (κ2) is 11.2. The van der Waals surface area contributed by atoms with Gasteiger partial charge in [-0.2, -0.15) is 0 Å². The fourth-order valence-electron chi connectivity index (χ4n) is 7.62. The lowest BCUT2D eigenvalue weighted by Gasteiger charge is -2.25. The summed E-state index contributed by atoms with van der Waals surface area (Å²) in [6, 6.07) is 52.0. The van der Waals surface area contributed by atoms with E-state index in [0.717, 1.165) is 44.3 Å². The van der Waals surface area contributed by atoms with Crippen LogP contribution in [0, 0.1) is 0 Å². The van der Waals surface area contributed by atoms with Crippen molar-refractivity contribution in [1.29, 1.82) is 0 Å². The van der Waals surface area contributed by atoms with Crippen LogP contribution in [0.15, 0.2) is 152 Å². The molecule has 0 saturated heterocycles. The molecule has 0 radical (unpaired) electrons. The quantitative estimate of drug-likeness (QED) is 0.188. The van der Waals surface area contributed by atoms with E-state index in [1.165, 1.54) is 22.3 Å². The molecule has 8 aromatic rings. The second-order valence-corrected chi connectivity index (χ2v) is 13.6. The molecule has 51 heavy (non-hydrogen) atoms. The zero-order valence-electron chi connectivity index (χ0n) is 28.1. The minimum atomic E-state index is -0.130. The van der Waals surface area contributed by atoms with Crippen LogP contribution >= 0.6 is 0 Å². The van der Waals surface area contributed by atoms with Crippen molar-refractivity contribution in [3.05, 3.63) is 163 Å². The SMILES string of the molecule is CC1(C)c2ccccc2-c2cc3c(cc21)Oc1ccc(-c2nc(-c4ccccc4)nc(-c4ccc(-c5ccccc5)c5ccccc45)n2)cc1O3. The summed E-state index contributed by atoms with van der Waals surface area (Å²) in [5.74, 6) is 4.44. The zero-order chi connectivity index (χ0) is 34.1. The van der Waals surface area contributed by atoms with E-state index in [4.69, 9.17) is 24.4 Å². The molecular weight excluding hydrogens is 627 g/mol. The van der Waals surface area contributed by atoms with Crippen LogP contribution in [0.3, 0.4) is 0 Å². The maximum atomic E-state index is 6.59. The molecule has 7 aromatic carbocycles. The lowest BCUT2D eigenvalue weighted by atomic mass is 9.82. The maximum Gasteiger partial charge on any atom is 0.170 e. The van der Waals surface area contributed by atoms with E-state index in [0.29, 0.717) is 34.7 Å². The maximum absolute atomic E-state index is 6.59. The van der Waals surface area contributed by atoms with Gasteiger partial charge in [-0.3, -0.25) is 0 Å². The van der Waals surface area contributed by atoms with Crippen molar-refractivity contribution >= 4 is 10.8 Å². The van der Waals surface area contributed by atoms with Crippen molar-refractivity contribution < 1.29 is 9.47 Å². The Morgan fingerprint density at radius 2 is 0.941 bits per heavy atom. The molecule has 242 valence electrons. The van der Waals surface area contributed by atoms with Gasteiger partial charge in [0.05, 0.1) is 0 Å². The lowest BCUT2D eigenvalue weighted by molar-refractivity contribution is 0.359. The summed E-state index contributed by atoms with van der Waals surface area (Å²) in [5, 5.41) is 2.21. The predicted molar refractivity (Wildman–Crippen MR) is 203 cm³/mol. The smallest absolute Gasteiger partial charge is 0.170 e. The number of rotatable bonds is 4. The molecule has 2 aliphatic rings. The number of aromatic nitrogens is 3. The van der Waals surface area contributed by atoms with Crippen molar-refractivity contribution in [1.82, 2.24) is 15.0 Å². The third-order valence-corrected chi connectivity index (χ3v) is 10.2. The molecule has 5 nitrogen and oxygen atoms in total. The van der Waals surface area contributed by atoms with Crippen molar-refractivity contribution in [2.75, 3.05) is 0 Å². The van der Waals surface area contributed by atoms with Gasteiger partial charge in [-0.25, -0.2) is 15.0 Å². The highest BCUT2D eigenvalue weighted by atomic mass is 16.6. The van der Waals surface area contributed by atoms with Crippen LogP contribution in [0.5, 0.6) is 23.0 Å². The average Bonchev–Trinajstić information content (AvgIpc) is 3.41. The molecular formula is C46H31N3O2. The Morgan fingerprint density at radius 3 is 1.73 bits per heavy atom. The average molecular weight is 658 g/mol. The summed E-state index contributed by atoms with van der Waals surface area (Å²) in [4.78, 5) is 15.2. The lowest BCUT2D eigenvalue weighted by Crippen LogP contribution is -2.15. The molecule has 0 spiro atoms.